The van der Waals surface area contributed by atoms with Crippen LogP contribution in [0.2, 0.25) is 0 Å². The van der Waals surface area contributed by atoms with Crippen molar-refractivity contribution in [1.29, 1.82) is 0 Å². The summed E-state index contributed by atoms with van der Waals surface area (Å²) in [5.41, 5.74) is 1.00. The van der Waals surface area contributed by atoms with Crippen molar-refractivity contribution in [3.63, 3.8) is 0 Å². The van der Waals surface area contributed by atoms with Crippen molar-refractivity contribution in [2.24, 2.45) is 0 Å². The summed E-state index contributed by atoms with van der Waals surface area (Å²) in [6.45, 7) is 1.27. The van der Waals surface area contributed by atoms with Gasteiger partial charge in [0.1, 0.15) is 6.04 Å². The molecule has 0 radical (unpaired) electrons. The molecule has 2 N–H and O–H groups in total. The standard InChI is InChI=1S/C14H16BrNO4S/c15-9-6-8(7-11-12(9)20-4-1-3-19-11)13-16-10(14(17)18)2-5-21-13/h6-7,10,13,16H,1-5H2,(H,17,18). The predicted octanol–water partition coefficient (Wildman–Crippen LogP) is 2.79. The SMILES string of the molecule is O=C(O)C1CCSC(c2cc(Br)c3c(c2)OCCCO3)N1. The van der Waals surface area contributed by atoms with Gasteiger partial charge in [0.25, 0.3) is 0 Å². The zero-order valence-electron chi connectivity index (χ0n) is 11.3. The first kappa shape index (κ1) is 15.0. The van der Waals surface area contributed by atoms with E-state index in [-0.39, 0.29) is 5.37 Å². The maximum Gasteiger partial charge on any atom is 0.320 e. The Hall–Kier alpha value is -0.920. The van der Waals surface area contributed by atoms with Crippen LogP contribution in [0.15, 0.2) is 16.6 Å². The Kier molecular flexibility index (Phi) is 4.61. The maximum atomic E-state index is 11.2. The summed E-state index contributed by atoms with van der Waals surface area (Å²) in [7, 11) is 0. The van der Waals surface area contributed by atoms with E-state index >= 15 is 0 Å². The summed E-state index contributed by atoms with van der Waals surface area (Å²) in [5.74, 6) is 1.47. The molecule has 2 atom stereocenters. The van der Waals surface area contributed by atoms with Crippen LogP contribution in [0.3, 0.4) is 0 Å². The Morgan fingerprint density at radius 2 is 2.19 bits per heavy atom. The van der Waals surface area contributed by atoms with Gasteiger partial charge in [0.05, 0.1) is 23.1 Å². The molecule has 21 heavy (non-hydrogen) atoms. The molecule has 2 heterocycles. The fourth-order valence-electron chi connectivity index (χ4n) is 2.41. The number of hydrogen-bond donors (Lipinski definition) is 2. The highest BCUT2D eigenvalue weighted by atomic mass is 79.9. The van der Waals surface area contributed by atoms with Crippen LogP contribution in [0.4, 0.5) is 0 Å². The number of thioether (sulfide) groups is 1. The van der Waals surface area contributed by atoms with Gasteiger partial charge in [-0.3, -0.25) is 10.1 Å². The van der Waals surface area contributed by atoms with Gasteiger partial charge in [0, 0.05) is 6.42 Å². The summed E-state index contributed by atoms with van der Waals surface area (Å²) >= 11 is 5.23. The Morgan fingerprint density at radius 3 is 3.00 bits per heavy atom. The minimum atomic E-state index is -0.797. The third kappa shape index (κ3) is 3.30. The number of fused-ring (bicyclic) bond motifs is 1. The van der Waals surface area contributed by atoms with Gasteiger partial charge in [-0.15, -0.1) is 11.8 Å². The van der Waals surface area contributed by atoms with Gasteiger partial charge < -0.3 is 14.6 Å². The number of hydrogen-bond acceptors (Lipinski definition) is 5. The normalized spacial score (nSPS) is 25.2. The fourth-order valence-corrected chi connectivity index (χ4v) is 4.18. The van der Waals surface area contributed by atoms with E-state index in [1.54, 1.807) is 11.8 Å². The van der Waals surface area contributed by atoms with Gasteiger partial charge in [-0.1, -0.05) is 0 Å². The van der Waals surface area contributed by atoms with Crippen molar-refractivity contribution in [3.8, 4) is 11.5 Å². The topological polar surface area (TPSA) is 67.8 Å². The van der Waals surface area contributed by atoms with E-state index in [0.29, 0.717) is 19.6 Å². The number of carboxylic acid groups (broad SMARTS) is 1. The average molecular weight is 374 g/mol. The lowest BCUT2D eigenvalue weighted by molar-refractivity contribution is -0.139. The van der Waals surface area contributed by atoms with Gasteiger partial charge >= 0.3 is 5.97 Å². The molecule has 0 aromatic heterocycles. The molecule has 3 rings (SSSR count). The van der Waals surface area contributed by atoms with Crippen molar-refractivity contribution in [2.75, 3.05) is 19.0 Å². The summed E-state index contributed by atoms with van der Waals surface area (Å²) in [4.78, 5) is 11.2. The lowest BCUT2D eigenvalue weighted by Gasteiger charge is -2.29. The molecule has 0 bridgehead atoms. The smallest absolute Gasteiger partial charge is 0.320 e. The van der Waals surface area contributed by atoms with Gasteiger partial charge in [-0.2, -0.15) is 0 Å². The Bertz CT molecular complexity index is 554. The van der Waals surface area contributed by atoms with Crippen molar-refractivity contribution >= 4 is 33.7 Å². The Balaban J connectivity index is 1.87. The Morgan fingerprint density at radius 1 is 1.38 bits per heavy atom. The highest BCUT2D eigenvalue weighted by Gasteiger charge is 2.28. The molecule has 5 nitrogen and oxygen atoms in total. The molecule has 0 aliphatic carbocycles. The molecule has 0 saturated carbocycles. The van der Waals surface area contributed by atoms with Crippen molar-refractivity contribution in [2.45, 2.75) is 24.3 Å². The van der Waals surface area contributed by atoms with Crippen LogP contribution in [-0.2, 0) is 4.79 Å². The van der Waals surface area contributed by atoms with E-state index in [0.717, 1.165) is 33.7 Å². The van der Waals surface area contributed by atoms with E-state index in [9.17, 15) is 4.79 Å². The highest BCUT2D eigenvalue weighted by Crippen LogP contribution is 2.42. The number of halogens is 1. The first-order chi connectivity index (χ1) is 10.1. The molecule has 1 aromatic rings. The number of nitrogens with one attached hydrogen (secondary N) is 1. The molecule has 2 unspecified atom stereocenters. The summed E-state index contributed by atoms with van der Waals surface area (Å²) in [6.07, 6.45) is 1.50. The van der Waals surface area contributed by atoms with Crippen LogP contribution in [0.25, 0.3) is 0 Å². The quantitative estimate of drug-likeness (QED) is 0.830. The first-order valence-corrected chi connectivity index (χ1v) is 8.69. The number of benzene rings is 1. The number of carboxylic acids is 1. The second-order valence-corrected chi connectivity index (χ2v) is 7.04. The van der Waals surface area contributed by atoms with Gasteiger partial charge in [-0.05, 0) is 45.8 Å². The molecule has 0 amide bonds. The molecule has 1 saturated heterocycles. The second-order valence-electron chi connectivity index (χ2n) is 4.98. The van der Waals surface area contributed by atoms with Gasteiger partial charge in [0.2, 0.25) is 0 Å². The van der Waals surface area contributed by atoms with Crippen LogP contribution in [0, 0.1) is 0 Å². The number of aliphatic carboxylic acids is 1. The maximum absolute atomic E-state index is 11.2. The van der Waals surface area contributed by atoms with Gasteiger partial charge in [0.15, 0.2) is 11.5 Å². The molecule has 0 spiro atoms. The summed E-state index contributed by atoms with van der Waals surface area (Å²) in [5, 5.41) is 12.3. The minimum absolute atomic E-state index is 0.0479. The lowest BCUT2D eigenvalue weighted by Crippen LogP contribution is -2.41. The number of carbonyl (C=O) groups is 1. The minimum Gasteiger partial charge on any atom is -0.490 e. The largest absolute Gasteiger partial charge is 0.490 e. The van der Waals surface area contributed by atoms with E-state index in [1.807, 2.05) is 12.1 Å². The van der Waals surface area contributed by atoms with Crippen LogP contribution in [0.1, 0.15) is 23.8 Å². The Labute approximate surface area is 135 Å². The molecule has 2 aliphatic rings. The molecular weight excluding hydrogens is 358 g/mol. The molecule has 7 heteroatoms. The lowest BCUT2D eigenvalue weighted by atomic mass is 10.1. The predicted molar refractivity (Wildman–Crippen MR) is 84.1 cm³/mol. The van der Waals surface area contributed by atoms with Crippen LogP contribution >= 0.6 is 27.7 Å². The summed E-state index contributed by atoms with van der Waals surface area (Å²) in [6, 6.07) is 3.42. The van der Waals surface area contributed by atoms with Crippen molar-refractivity contribution < 1.29 is 19.4 Å². The molecule has 1 fully saturated rings. The molecule has 114 valence electrons. The fraction of sp³-hybridized carbons (Fsp3) is 0.500. The zero-order chi connectivity index (χ0) is 14.8. The van der Waals surface area contributed by atoms with Crippen molar-refractivity contribution in [3.05, 3.63) is 22.2 Å². The average Bonchev–Trinajstić information content (AvgIpc) is 2.73. The number of rotatable bonds is 2. The molecule has 1 aromatic carbocycles. The van der Waals surface area contributed by atoms with Crippen LogP contribution in [0.5, 0.6) is 11.5 Å². The van der Waals surface area contributed by atoms with E-state index in [2.05, 4.69) is 21.2 Å². The third-order valence-electron chi connectivity index (χ3n) is 3.47. The third-order valence-corrected chi connectivity index (χ3v) is 5.27. The highest BCUT2D eigenvalue weighted by molar-refractivity contribution is 9.10. The summed E-state index contributed by atoms with van der Waals surface area (Å²) < 4.78 is 12.3. The second kappa shape index (κ2) is 6.46. The van der Waals surface area contributed by atoms with Crippen LogP contribution in [-0.4, -0.2) is 36.1 Å². The molecular formula is C14H16BrNO4S. The first-order valence-electron chi connectivity index (χ1n) is 6.84. The van der Waals surface area contributed by atoms with E-state index < -0.39 is 12.0 Å². The van der Waals surface area contributed by atoms with Crippen LogP contribution < -0.4 is 14.8 Å². The molecule has 2 aliphatic heterocycles. The van der Waals surface area contributed by atoms with E-state index in [1.165, 1.54) is 0 Å². The monoisotopic (exact) mass is 373 g/mol. The van der Waals surface area contributed by atoms with E-state index in [4.69, 9.17) is 14.6 Å². The number of ether oxygens (including phenoxy) is 2. The van der Waals surface area contributed by atoms with Crippen molar-refractivity contribution in [1.82, 2.24) is 5.32 Å². The zero-order valence-corrected chi connectivity index (χ0v) is 13.7. The van der Waals surface area contributed by atoms with Gasteiger partial charge in [-0.25, -0.2) is 0 Å².